The van der Waals surface area contributed by atoms with Crippen molar-refractivity contribution in [2.75, 3.05) is 26.2 Å². The summed E-state index contributed by atoms with van der Waals surface area (Å²) in [6.45, 7) is 4.64. The molecule has 0 atom stereocenters. The Hall–Kier alpha value is -1.13. The van der Waals surface area contributed by atoms with E-state index in [9.17, 15) is 4.39 Å². The molecule has 1 saturated carbocycles. The molecule has 3 nitrogen and oxygen atoms in total. The predicted molar refractivity (Wildman–Crippen MR) is 82.0 cm³/mol. The van der Waals surface area contributed by atoms with Crippen LogP contribution >= 0.6 is 0 Å². The van der Waals surface area contributed by atoms with Crippen LogP contribution in [0.25, 0.3) is 0 Å². The topological polar surface area (TPSA) is 24.5 Å². The average Bonchev–Trinajstić information content (AvgIpc) is 3.30. The quantitative estimate of drug-likeness (QED) is 0.836. The number of likely N-dealkylation sites (tertiary alicyclic amines) is 1. The smallest absolute Gasteiger partial charge is 0.127 e. The van der Waals surface area contributed by atoms with Crippen molar-refractivity contribution in [2.24, 2.45) is 0 Å². The summed E-state index contributed by atoms with van der Waals surface area (Å²) in [6.07, 6.45) is 6.41. The lowest BCUT2D eigenvalue weighted by Crippen LogP contribution is -2.33. The Balaban J connectivity index is 1.46. The molecule has 3 rings (SSSR count). The molecule has 0 bridgehead atoms. The number of benzene rings is 1. The fraction of sp³-hybridized carbons (Fsp3) is 0.647. The lowest BCUT2D eigenvalue weighted by molar-refractivity contribution is 0.183. The first kappa shape index (κ1) is 14.8. The lowest BCUT2D eigenvalue weighted by atomic mass is 10.1. The molecule has 1 aromatic rings. The maximum atomic E-state index is 13.6. The number of piperidine rings is 1. The average molecular weight is 292 g/mol. The van der Waals surface area contributed by atoms with Gasteiger partial charge >= 0.3 is 0 Å². The van der Waals surface area contributed by atoms with Crippen molar-refractivity contribution in [3.05, 3.63) is 29.6 Å². The molecule has 1 aliphatic carbocycles. The molecule has 0 spiro atoms. The molecule has 1 aliphatic heterocycles. The SMILES string of the molecule is Fc1cc(CNC2CC2)cc(OCCN2CCCCC2)c1. The van der Waals surface area contributed by atoms with Crippen LogP contribution in [0.3, 0.4) is 0 Å². The number of ether oxygens (including phenoxy) is 1. The van der Waals surface area contributed by atoms with Gasteiger partial charge in [-0.15, -0.1) is 0 Å². The molecule has 1 heterocycles. The van der Waals surface area contributed by atoms with Crippen molar-refractivity contribution in [2.45, 2.75) is 44.7 Å². The fourth-order valence-electron chi connectivity index (χ4n) is 2.83. The first-order valence-electron chi connectivity index (χ1n) is 8.17. The van der Waals surface area contributed by atoms with Gasteiger partial charge in [0.15, 0.2) is 0 Å². The van der Waals surface area contributed by atoms with Gasteiger partial charge in [0.05, 0.1) is 0 Å². The van der Waals surface area contributed by atoms with Crippen molar-refractivity contribution in [1.82, 2.24) is 10.2 Å². The number of rotatable bonds is 7. The Bertz CT molecular complexity index is 456. The van der Waals surface area contributed by atoms with E-state index in [2.05, 4.69) is 10.2 Å². The van der Waals surface area contributed by atoms with Crippen LogP contribution in [0.1, 0.15) is 37.7 Å². The third-order valence-electron chi connectivity index (χ3n) is 4.23. The summed E-state index contributed by atoms with van der Waals surface area (Å²) in [6, 6.07) is 5.66. The number of nitrogens with zero attached hydrogens (tertiary/aromatic N) is 1. The molecular weight excluding hydrogens is 267 g/mol. The summed E-state index contributed by atoms with van der Waals surface area (Å²) in [5.74, 6) is 0.442. The van der Waals surface area contributed by atoms with E-state index >= 15 is 0 Å². The molecule has 0 amide bonds. The molecule has 1 N–H and O–H groups in total. The fourth-order valence-corrected chi connectivity index (χ4v) is 2.83. The van der Waals surface area contributed by atoms with Crippen molar-refractivity contribution in [3.63, 3.8) is 0 Å². The Morgan fingerprint density at radius 3 is 2.71 bits per heavy atom. The van der Waals surface area contributed by atoms with Gasteiger partial charge in [-0.3, -0.25) is 4.90 Å². The number of halogens is 1. The highest BCUT2D eigenvalue weighted by Crippen LogP contribution is 2.21. The van der Waals surface area contributed by atoms with Crippen LogP contribution in [0.5, 0.6) is 5.75 Å². The van der Waals surface area contributed by atoms with Crippen molar-refractivity contribution < 1.29 is 9.13 Å². The molecule has 21 heavy (non-hydrogen) atoms. The third-order valence-corrected chi connectivity index (χ3v) is 4.23. The maximum absolute atomic E-state index is 13.6. The highest BCUT2D eigenvalue weighted by atomic mass is 19.1. The van der Waals surface area contributed by atoms with Gasteiger partial charge in [0.2, 0.25) is 0 Å². The largest absolute Gasteiger partial charge is 0.492 e. The summed E-state index contributed by atoms with van der Waals surface area (Å²) in [7, 11) is 0. The summed E-state index contributed by atoms with van der Waals surface area (Å²) >= 11 is 0. The Kier molecular flexibility index (Phi) is 5.09. The Labute approximate surface area is 126 Å². The second-order valence-electron chi connectivity index (χ2n) is 6.20. The molecule has 116 valence electrons. The summed E-state index contributed by atoms with van der Waals surface area (Å²) in [5, 5.41) is 3.40. The zero-order valence-corrected chi connectivity index (χ0v) is 12.6. The van der Waals surface area contributed by atoms with Crippen LogP contribution in [0.15, 0.2) is 18.2 Å². The zero-order chi connectivity index (χ0) is 14.5. The van der Waals surface area contributed by atoms with Gasteiger partial charge in [-0.1, -0.05) is 6.42 Å². The van der Waals surface area contributed by atoms with Gasteiger partial charge < -0.3 is 10.1 Å². The van der Waals surface area contributed by atoms with Crippen molar-refractivity contribution in [3.8, 4) is 5.75 Å². The van der Waals surface area contributed by atoms with E-state index in [4.69, 9.17) is 4.74 Å². The molecule has 4 heteroatoms. The summed E-state index contributed by atoms with van der Waals surface area (Å²) in [4.78, 5) is 2.43. The van der Waals surface area contributed by atoms with Gasteiger partial charge in [0.1, 0.15) is 18.2 Å². The molecule has 1 saturated heterocycles. The number of nitrogens with one attached hydrogen (secondary N) is 1. The molecule has 0 unspecified atom stereocenters. The van der Waals surface area contributed by atoms with Crippen LogP contribution in [0, 0.1) is 5.82 Å². The van der Waals surface area contributed by atoms with E-state index in [1.165, 1.54) is 51.3 Å². The first-order valence-corrected chi connectivity index (χ1v) is 8.17. The van der Waals surface area contributed by atoms with Crippen molar-refractivity contribution >= 4 is 0 Å². The molecule has 0 aromatic heterocycles. The van der Waals surface area contributed by atoms with Gasteiger partial charge in [-0.25, -0.2) is 4.39 Å². The van der Waals surface area contributed by atoms with Gasteiger partial charge in [0.25, 0.3) is 0 Å². The molecule has 2 fully saturated rings. The minimum absolute atomic E-state index is 0.210. The van der Waals surface area contributed by atoms with E-state index in [1.54, 1.807) is 6.07 Å². The molecule has 1 aromatic carbocycles. The van der Waals surface area contributed by atoms with Gasteiger partial charge in [-0.2, -0.15) is 0 Å². The van der Waals surface area contributed by atoms with Crippen LogP contribution in [-0.2, 0) is 6.54 Å². The van der Waals surface area contributed by atoms with Gasteiger partial charge in [-0.05, 0) is 56.5 Å². The number of hydrogen-bond acceptors (Lipinski definition) is 3. The summed E-state index contributed by atoms with van der Waals surface area (Å²) < 4.78 is 19.4. The maximum Gasteiger partial charge on any atom is 0.127 e. The van der Waals surface area contributed by atoms with Crippen LogP contribution < -0.4 is 10.1 Å². The van der Waals surface area contributed by atoms with E-state index in [1.807, 2.05) is 6.07 Å². The monoisotopic (exact) mass is 292 g/mol. The van der Waals surface area contributed by atoms with Crippen LogP contribution in [0.2, 0.25) is 0 Å². The minimum Gasteiger partial charge on any atom is -0.492 e. The highest BCUT2D eigenvalue weighted by Gasteiger charge is 2.20. The van der Waals surface area contributed by atoms with Gasteiger partial charge in [0, 0.05) is 25.2 Å². The highest BCUT2D eigenvalue weighted by molar-refractivity contribution is 5.29. The number of hydrogen-bond donors (Lipinski definition) is 1. The second-order valence-corrected chi connectivity index (χ2v) is 6.20. The Morgan fingerprint density at radius 2 is 1.95 bits per heavy atom. The zero-order valence-electron chi connectivity index (χ0n) is 12.6. The van der Waals surface area contributed by atoms with E-state index in [0.717, 1.165) is 18.7 Å². The predicted octanol–water partition coefficient (Wildman–Crippen LogP) is 2.94. The Morgan fingerprint density at radius 1 is 1.14 bits per heavy atom. The second kappa shape index (κ2) is 7.23. The van der Waals surface area contributed by atoms with Crippen molar-refractivity contribution in [1.29, 1.82) is 0 Å². The normalized spacial score (nSPS) is 19.7. The molecule has 2 aliphatic rings. The minimum atomic E-state index is -0.210. The standard InChI is InChI=1S/C17H25FN2O/c18-15-10-14(13-19-16-4-5-16)11-17(12-15)21-9-8-20-6-2-1-3-7-20/h10-12,16,19H,1-9,13H2. The first-order chi connectivity index (χ1) is 10.3. The van der Waals surface area contributed by atoms with E-state index in [-0.39, 0.29) is 5.82 Å². The summed E-state index contributed by atoms with van der Waals surface area (Å²) in [5.41, 5.74) is 0.967. The molecule has 0 radical (unpaired) electrons. The van der Waals surface area contributed by atoms with E-state index < -0.39 is 0 Å². The lowest BCUT2D eigenvalue weighted by Gasteiger charge is -2.26. The van der Waals surface area contributed by atoms with Crippen LogP contribution in [0.4, 0.5) is 4.39 Å². The van der Waals surface area contributed by atoms with Crippen LogP contribution in [-0.4, -0.2) is 37.2 Å². The molecular formula is C17H25FN2O. The van der Waals surface area contributed by atoms with E-state index in [0.29, 0.717) is 18.4 Å². The third kappa shape index (κ3) is 4.97.